The Labute approximate surface area is 157 Å². The van der Waals surface area contributed by atoms with Crippen molar-refractivity contribution >= 4 is 17.4 Å². The number of halogens is 1. The first kappa shape index (κ1) is 20.9. The zero-order chi connectivity index (χ0) is 19.9. The Morgan fingerprint density at radius 2 is 2.12 bits per heavy atom. The van der Waals surface area contributed by atoms with E-state index in [1.807, 2.05) is 13.8 Å². The predicted molar refractivity (Wildman–Crippen MR) is 97.0 cm³/mol. The van der Waals surface area contributed by atoms with Crippen molar-refractivity contribution in [3.05, 3.63) is 46.4 Å². The van der Waals surface area contributed by atoms with E-state index >= 15 is 0 Å². The summed E-state index contributed by atoms with van der Waals surface area (Å²) in [4.78, 5) is 12.1. The smallest absolute Gasteiger partial charge is 0.209 e. The summed E-state index contributed by atoms with van der Waals surface area (Å²) in [5.74, 6) is -0.618. The van der Waals surface area contributed by atoms with E-state index in [1.54, 1.807) is 0 Å². The highest BCUT2D eigenvalue weighted by Crippen LogP contribution is 2.39. The first-order valence-corrected chi connectivity index (χ1v) is 8.84. The van der Waals surface area contributed by atoms with Crippen LogP contribution in [0.3, 0.4) is 0 Å². The van der Waals surface area contributed by atoms with Crippen LogP contribution in [0.5, 0.6) is 0 Å². The van der Waals surface area contributed by atoms with Crippen LogP contribution in [-0.4, -0.2) is 49.6 Å². The zero-order valence-corrected chi connectivity index (χ0v) is 16.0. The monoisotopic (exact) mass is 384 g/mol. The Balaban J connectivity index is 2.31. The van der Waals surface area contributed by atoms with Crippen LogP contribution >= 0.6 is 11.6 Å². The summed E-state index contributed by atoms with van der Waals surface area (Å²) >= 11 is 6.06. The molecule has 144 valence electrons. The Kier molecular flexibility index (Phi) is 5.85. The zero-order valence-electron chi connectivity index (χ0n) is 15.2. The largest absolute Gasteiger partial charge is 0.465 e. The Bertz CT molecular complexity index is 714. The third-order valence-electron chi connectivity index (χ3n) is 5.01. The SMILES string of the molecule is CC[C@H](C)[C@@H](O)[C@](C)(O)/C=C\C1=CC2=C(Cl)C(=O)[C@@](C)(O)[C@@H](O)C2=CO1. The van der Waals surface area contributed by atoms with E-state index in [4.69, 9.17) is 16.3 Å². The van der Waals surface area contributed by atoms with Gasteiger partial charge < -0.3 is 25.2 Å². The molecule has 1 aliphatic carbocycles. The van der Waals surface area contributed by atoms with Crippen molar-refractivity contribution in [3.63, 3.8) is 0 Å². The van der Waals surface area contributed by atoms with Crippen LogP contribution in [0, 0.1) is 5.92 Å². The third-order valence-corrected chi connectivity index (χ3v) is 5.38. The fourth-order valence-corrected chi connectivity index (χ4v) is 3.22. The minimum atomic E-state index is -2.03. The van der Waals surface area contributed by atoms with Crippen LogP contribution in [0.25, 0.3) is 0 Å². The van der Waals surface area contributed by atoms with Gasteiger partial charge in [0.15, 0.2) is 5.60 Å². The molecule has 0 fully saturated rings. The van der Waals surface area contributed by atoms with Gasteiger partial charge in [0.05, 0.1) is 17.4 Å². The van der Waals surface area contributed by atoms with Crippen LogP contribution in [0.2, 0.25) is 0 Å². The maximum absolute atomic E-state index is 12.1. The Morgan fingerprint density at radius 1 is 1.50 bits per heavy atom. The molecule has 2 aliphatic rings. The van der Waals surface area contributed by atoms with E-state index in [-0.39, 0.29) is 27.9 Å². The molecule has 4 N–H and O–H groups in total. The number of ether oxygens (including phenoxy) is 1. The fraction of sp³-hybridized carbons (Fsp3) is 0.526. The van der Waals surface area contributed by atoms with E-state index in [1.165, 1.54) is 38.3 Å². The molecule has 6 nitrogen and oxygen atoms in total. The number of rotatable bonds is 5. The number of aliphatic hydroxyl groups is 4. The fourth-order valence-electron chi connectivity index (χ4n) is 2.86. The predicted octanol–water partition coefficient (Wildman–Crippen LogP) is 1.69. The first-order chi connectivity index (χ1) is 11.9. The molecule has 0 aromatic rings. The average molecular weight is 385 g/mol. The normalized spacial score (nSPS) is 31.0. The second-order valence-corrected chi connectivity index (χ2v) is 7.61. The van der Waals surface area contributed by atoms with Gasteiger partial charge in [-0.15, -0.1) is 0 Å². The van der Waals surface area contributed by atoms with Gasteiger partial charge >= 0.3 is 0 Å². The van der Waals surface area contributed by atoms with Crippen molar-refractivity contribution < 1.29 is 30.0 Å². The van der Waals surface area contributed by atoms with Crippen LogP contribution < -0.4 is 0 Å². The second kappa shape index (κ2) is 7.29. The summed E-state index contributed by atoms with van der Waals surface area (Å²) in [7, 11) is 0. The maximum Gasteiger partial charge on any atom is 0.209 e. The van der Waals surface area contributed by atoms with Gasteiger partial charge in [0.1, 0.15) is 17.5 Å². The van der Waals surface area contributed by atoms with Gasteiger partial charge in [-0.3, -0.25) is 4.79 Å². The van der Waals surface area contributed by atoms with Gasteiger partial charge in [-0.2, -0.15) is 0 Å². The first-order valence-electron chi connectivity index (χ1n) is 8.47. The highest BCUT2D eigenvalue weighted by Gasteiger charge is 2.48. The van der Waals surface area contributed by atoms with Crippen LogP contribution in [0.15, 0.2) is 46.4 Å². The van der Waals surface area contributed by atoms with Gasteiger partial charge in [0.2, 0.25) is 5.78 Å². The summed E-state index contributed by atoms with van der Waals surface area (Å²) in [5.41, 5.74) is -3.05. The lowest BCUT2D eigenvalue weighted by atomic mass is 9.79. The van der Waals surface area contributed by atoms with Crippen molar-refractivity contribution in [2.24, 2.45) is 5.92 Å². The van der Waals surface area contributed by atoms with Gasteiger partial charge in [-0.25, -0.2) is 0 Å². The minimum absolute atomic E-state index is 0.104. The van der Waals surface area contributed by atoms with Crippen LogP contribution in [0.1, 0.15) is 34.1 Å². The molecular weight excluding hydrogens is 360 g/mol. The summed E-state index contributed by atoms with van der Waals surface area (Å²) in [6.07, 6.45) is 3.79. The molecule has 0 radical (unpaired) electrons. The van der Waals surface area contributed by atoms with Gasteiger partial charge in [0.25, 0.3) is 0 Å². The molecule has 7 heteroatoms. The average Bonchev–Trinajstić information content (AvgIpc) is 2.61. The van der Waals surface area contributed by atoms with Crippen molar-refractivity contribution in [3.8, 4) is 0 Å². The Morgan fingerprint density at radius 3 is 2.69 bits per heavy atom. The molecule has 5 atom stereocenters. The molecule has 1 heterocycles. The van der Waals surface area contributed by atoms with E-state index < -0.39 is 29.2 Å². The molecule has 26 heavy (non-hydrogen) atoms. The summed E-state index contributed by atoms with van der Waals surface area (Å²) in [5, 5.41) is 40.8. The van der Waals surface area contributed by atoms with E-state index in [0.29, 0.717) is 6.42 Å². The minimum Gasteiger partial charge on any atom is -0.465 e. The van der Waals surface area contributed by atoms with Crippen LogP contribution in [-0.2, 0) is 9.53 Å². The quantitative estimate of drug-likeness (QED) is 0.574. The molecule has 0 spiro atoms. The molecule has 0 aromatic carbocycles. The number of fused-ring (bicyclic) bond motifs is 1. The second-order valence-electron chi connectivity index (χ2n) is 7.23. The van der Waals surface area contributed by atoms with Gasteiger partial charge in [0, 0.05) is 11.1 Å². The molecule has 1 aliphatic heterocycles. The Hall–Kier alpha value is -1.44. The summed E-state index contributed by atoms with van der Waals surface area (Å²) in [6.45, 7) is 6.43. The lowest BCUT2D eigenvalue weighted by molar-refractivity contribution is -0.140. The number of Topliss-reactive ketones (excluding diaryl/α,β-unsaturated/α-hetero) is 1. The molecule has 0 saturated carbocycles. The van der Waals surface area contributed by atoms with Crippen LogP contribution in [0.4, 0.5) is 0 Å². The molecule has 0 saturated heterocycles. The molecule has 0 amide bonds. The number of aliphatic hydroxyl groups excluding tert-OH is 2. The van der Waals surface area contributed by atoms with E-state index in [2.05, 4.69) is 0 Å². The number of allylic oxidation sites excluding steroid dienone is 2. The standard InChI is InChI=1S/C19H25ClO6/c1-5-10(2)15(21)18(3,24)7-6-11-8-12-13(9-26-11)16(22)19(4,25)17(23)14(12)20/h6-10,15-16,21-22,24-25H,5H2,1-4H3/b7-6-/t10-,15+,16-,18+,19-/m0/s1. The molecule has 0 bridgehead atoms. The summed E-state index contributed by atoms with van der Waals surface area (Å²) < 4.78 is 5.40. The summed E-state index contributed by atoms with van der Waals surface area (Å²) in [6, 6.07) is 0. The lowest BCUT2D eigenvalue weighted by Gasteiger charge is -2.35. The number of carbonyl (C=O) groups is 1. The highest BCUT2D eigenvalue weighted by molar-refractivity contribution is 6.45. The molecular formula is C19H25ClO6. The topological polar surface area (TPSA) is 107 Å². The number of ketones is 1. The molecule has 0 aromatic heterocycles. The lowest BCUT2D eigenvalue weighted by Crippen LogP contribution is -2.51. The van der Waals surface area contributed by atoms with Crippen molar-refractivity contribution in [1.29, 1.82) is 0 Å². The van der Waals surface area contributed by atoms with E-state index in [0.717, 1.165) is 0 Å². The molecule has 2 rings (SSSR count). The van der Waals surface area contributed by atoms with Crippen molar-refractivity contribution in [2.75, 3.05) is 0 Å². The number of hydrogen-bond donors (Lipinski definition) is 4. The van der Waals surface area contributed by atoms with Crippen molar-refractivity contribution in [2.45, 2.75) is 57.5 Å². The van der Waals surface area contributed by atoms with Crippen molar-refractivity contribution in [1.82, 2.24) is 0 Å². The maximum atomic E-state index is 12.1. The number of carbonyl (C=O) groups excluding carboxylic acids is 1. The van der Waals surface area contributed by atoms with Gasteiger partial charge in [-0.1, -0.05) is 31.9 Å². The van der Waals surface area contributed by atoms with Gasteiger partial charge in [-0.05, 0) is 38.0 Å². The van der Waals surface area contributed by atoms with E-state index in [9.17, 15) is 25.2 Å². The highest BCUT2D eigenvalue weighted by atomic mass is 35.5. The molecule has 0 unspecified atom stereocenters. The number of hydrogen-bond acceptors (Lipinski definition) is 6. The third kappa shape index (κ3) is 3.66.